The van der Waals surface area contributed by atoms with E-state index in [2.05, 4.69) is 16.0 Å². The molecule has 29 heavy (non-hydrogen) atoms. The Labute approximate surface area is 172 Å². The molecule has 3 rings (SSSR count). The summed E-state index contributed by atoms with van der Waals surface area (Å²) in [5.74, 6) is -1.35. The molecule has 0 radical (unpaired) electrons. The van der Waals surface area contributed by atoms with Crippen LogP contribution < -0.4 is 16.0 Å². The summed E-state index contributed by atoms with van der Waals surface area (Å²) in [6.07, 6.45) is 4.88. The van der Waals surface area contributed by atoms with E-state index in [1.165, 1.54) is 29.5 Å². The molecule has 6 nitrogen and oxygen atoms in total. The normalized spacial score (nSPS) is 14.2. The second kappa shape index (κ2) is 10.2. The van der Waals surface area contributed by atoms with Gasteiger partial charge in [-0.05, 0) is 42.5 Å². The number of nitrogens with one attached hydrogen (secondary N) is 3. The van der Waals surface area contributed by atoms with E-state index in [0.717, 1.165) is 32.1 Å². The van der Waals surface area contributed by atoms with E-state index in [9.17, 15) is 18.8 Å². The fourth-order valence-corrected chi connectivity index (χ4v) is 3.94. The van der Waals surface area contributed by atoms with Gasteiger partial charge in [-0.2, -0.15) is 11.3 Å². The van der Waals surface area contributed by atoms with Crippen LogP contribution in [0.5, 0.6) is 0 Å². The first kappa shape index (κ1) is 21.0. The molecule has 3 N–H and O–H groups in total. The van der Waals surface area contributed by atoms with E-state index in [1.54, 1.807) is 16.8 Å². The van der Waals surface area contributed by atoms with Crippen molar-refractivity contribution in [3.05, 3.63) is 46.4 Å². The number of amides is 3. The minimum Gasteiger partial charge on any atom is -0.351 e. The molecule has 0 aliphatic heterocycles. The quantitative estimate of drug-likeness (QED) is 0.632. The molecule has 1 aliphatic carbocycles. The van der Waals surface area contributed by atoms with Crippen LogP contribution in [0.1, 0.15) is 48.9 Å². The fourth-order valence-electron chi connectivity index (χ4n) is 3.31. The molecular formula is C21H24FN3O3S. The third kappa shape index (κ3) is 6.12. The highest BCUT2D eigenvalue weighted by atomic mass is 32.1. The lowest BCUT2D eigenvalue weighted by Gasteiger charge is -2.21. The number of halogens is 1. The highest BCUT2D eigenvalue weighted by molar-refractivity contribution is 7.08. The average molecular weight is 418 g/mol. The number of hydrogen-bond donors (Lipinski definition) is 3. The number of hydrogen-bond acceptors (Lipinski definition) is 4. The van der Waals surface area contributed by atoms with Gasteiger partial charge in [-0.25, -0.2) is 4.39 Å². The molecule has 3 amide bonds. The Bertz CT molecular complexity index is 864. The summed E-state index contributed by atoms with van der Waals surface area (Å²) in [4.78, 5) is 36.3. The summed E-state index contributed by atoms with van der Waals surface area (Å²) in [5, 5.41) is 11.5. The Balaban J connectivity index is 1.50. The molecule has 0 bridgehead atoms. The fraction of sp³-hybridized carbons (Fsp3) is 0.381. The van der Waals surface area contributed by atoms with Gasteiger partial charge >= 0.3 is 0 Å². The number of anilines is 2. The predicted octanol–water partition coefficient (Wildman–Crippen LogP) is 4.16. The second-order valence-corrected chi connectivity index (χ2v) is 7.86. The van der Waals surface area contributed by atoms with Crippen LogP contribution in [0.2, 0.25) is 0 Å². The van der Waals surface area contributed by atoms with Crippen LogP contribution in [-0.2, 0) is 9.59 Å². The molecule has 0 unspecified atom stereocenters. The Morgan fingerprint density at radius 2 is 1.86 bits per heavy atom. The van der Waals surface area contributed by atoms with Crippen LogP contribution in [0.25, 0.3) is 0 Å². The molecule has 0 atom stereocenters. The van der Waals surface area contributed by atoms with Crippen LogP contribution in [-0.4, -0.2) is 24.3 Å². The number of thiophene rings is 1. The van der Waals surface area contributed by atoms with Crippen molar-refractivity contribution >= 4 is 40.4 Å². The number of carbonyl (C=O) groups excluding carboxylic acids is 3. The van der Waals surface area contributed by atoms with Gasteiger partial charge in [-0.1, -0.05) is 19.3 Å². The van der Waals surface area contributed by atoms with Gasteiger partial charge in [0.1, 0.15) is 5.82 Å². The zero-order valence-corrected chi connectivity index (χ0v) is 16.8. The van der Waals surface area contributed by atoms with E-state index in [-0.39, 0.29) is 42.3 Å². The average Bonchev–Trinajstić information content (AvgIpc) is 3.26. The lowest BCUT2D eigenvalue weighted by atomic mass is 9.88. The molecule has 2 aromatic rings. The van der Waals surface area contributed by atoms with Crippen LogP contribution in [0.4, 0.5) is 15.8 Å². The first-order chi connectivity index (χ1) is 14.0. The van der Waals surface area contributed by atoms with Crippen LogP contribution in [0, 0.1) is 11.7 Å². The molecule has 0 saturated heterocycles. The molecule has 1 aromatic heterocycles. The van der Waals surface area contributed by atoms with Crippen molar-refractivity contribution in [3.63, 3.8) is 0 Å². The lowest BCUT2D eigenvalue weighted by Crippen LogP contribution is -2.27. The van der Waals surface area contributed by atoms with Gasteiger partial charge in [0.25, 0.3) is 5.91 Å². The summed E-state index contributed by atoms with van der Waals surface area (Å²) in [6.45, 7) is 0.187. The van der Waals surface area contributed by atoms with Crippen LogP contribution in [0.15, 0.2) is 35.0 Å². The maximum Gasteiger partial charge on any atom is 0.252 e. The van der Waals surface area contributed by atoms with Crippen molar-refractivity contribution in [1.82, 2.24) is 5.32 Å². The number of rotatable bonds is 7. The molecule has 154 valence electrons. The summed E-state index contributed by atoms with van der Waals surface area (Å²) >= 11 is 1.42. The Kier molecular flexibility index (Phi) is 7.35. The molecule has 1 heterocycles. The van der Waals surface area contributed by atoms with E-state index in [4.69, 9.17) is 0 Å². The first-order valence-electron chi connectivity index (χ1n) is 9.73. The maximum absolute atomic E-state index is 14.1. The van der Waals surface area contributed by atoms with Crippen molar-refractivity contribution in [2.24, 2.45) is 5.92 Å². The predicted molar refractivity (Wildman–Crippen MR) is 112 cm³/mol. The van der Waals surface area contributed by atoms with Crippen LogP contribution in [0.3, 0.4) is 0 Å². The van der Waals surface area contributed by atoms with E-state index in [1.807, 2.05) is 0 Å². The SMILES string of the molecule is O=C(CCNC(=O)c1ccsc1)Nc1ccc(F)c(NC(=O)C2CCCCC2)c1. The smallest absolute Gasteiger partial charge is 0.252 e. The van der Waals surface area contributed by atoms with E-state index < -0.39 is 5.82 Å². The highest BCUT2D eigenvalue weighted by Crippen LogP contribution is 2.26. The number of carbonyl (C=O) groups is 3. The maximum atomic E-state index is 14.1. The monoisotopic (exact) mass is 417 g/mol. The molecule has 1 fully saturated rings. The van der Waals surface area contributed by atoms with Crippen molar-refractivity contribution in [3.8, 4) is 0 Å². The Morgan fingerprint density at radius 3 is 2.59 bits per heavy atom. The van der Waals surface area contributed by atoms with Crippen molar-refractivity contribution in [2.75, 3.05) is 17.2 Å². The third-order valence-electron chi connectivity index (χ3n) is 4.90. The largest absolute Gasteiger partial charge is 0.351 e. The number of benzene rings is 1. The Hall–Kier alpha value is -2.74. The second-order valence-electron chi connectivity index (χ2n) is 7.08. The molecular weight excluding hydrogens is 393 g/mol. The van der Waals surface area contributed by atoms with Crippen molar-refractivity contribution in [2.45, 2.75) is 38.5 Å². The van der Waals surface area contributed by atoms with E-state index >= 15 is 0 Å². The standard InChI is InChI=1S/C21H24FN3O3S/c22-17-7-6-16(12-18(17)25-21(28)14-4-2-1-3-5-14)24-19(26)8-10-23-20(27)15-9-11-29-13-15/h6-7,9,11-14H,1-5,8,10H2,(H,23,27)(H,24,26)(H,25,28). The first-order valence-corrected chi connectivity index (χ1v) is 10.7. The summed E-state index contributed by atoms with van der Waals surface area (Å²) in [5.41, 5.74) is 1.01. The van der Waals surface area contributed by atoms with Gasteiger partial charge in [0.05, 0.1) is 5.69 Å². The zero-order valence-electron chi connectivity index (χ0n) is 16.0. The topological polar surface area (TPSA) is 87.3 Å². The lowest BCUT2D eigenvalue weighted by molar-refractivity contribution is -0.120. The van der Waals surface area contributed by atoms with Gasteiger partial charge in [0.15, 0.2) is 0 Å². The Morgan fingerprint density at radius 1 is 1.07 bits per heavy atom. The third-order valence-corrected chi connectivity index (χ3v) is 5.59. The van der Waals surface area contributed by atoms with Gasteiger partial charge in [0.2, 0.25) is 11.8 Å². The highest BCUT2D eigenvalue weighted by Gasteiger charge is 2.22. The molecule has 0 spiro atoms. The zero-order chi connectivity index (χ0) is 20.6. The minimum absolute atomic E-state index is 0.0594. The molecule has 1 saturated carbocycles. The molecule has 8 heteroatoms. The van der Waals surface area contributed by atoms with Crippen molar-refractivity contribution in [1.29, 1.82) is 0 Å². The van der Waals surface area contributed by atoms with E-state index in [0.29, 0.717) is 11.3 Å². The van der Waals surface area contributed by atoms with Gasteiger partial charge in [0, 0.05) is 35.5 Å². The van der Waals surface area contributed by atoms with Crippen molar-refractivity contribution < 1.29 is 18.8 Å². The minimum atomic E-state index is -0.546. The summed E-state index contributed by atoms with van der Waals surface area (Å²) in [7, 11) is 0. The molecule has 1 aromatic carbocycles. The summed E-state index contributed by atoms with van der Waals surface area (Å²) in [6, 6.07) is 5.78. The van der Waals surface area contributed by atoms with Gasteiger partial charge in [-0.3, -0.25) is 14.4 Å². The van der Waals surface area contributed by atoms with Gasteiger partial charge in [-0.15, -0.1) is 0 Å². The van der Waals surface area contributed by atoms with Crippen LogP contribution >= 0.6 is 11.3 Å². The summed E-state index contributed by atoms with van der Waals surface area (Å²) < 4.78 is 14.1. The molecule has 1 aliphatic rings. The van der Waals surface area contributed by atoms with Gasteiger partial charge < -0.3 is 16.0 Å².